The summed E-state index contributed by atoms with van der Waals surface area (Å²) < 4.78 is 1.16. The molecule has 0 atom stereocenters. The molecule has 1 aromatic carbocycles. The third kappa shape index (κ3) is 1.68. The fourth-order valence-corrected chi connectivity index (χ4v) is 1.95. The predicted octanol–water partition coefficient (Wildman–Crippen LogP) is 1.72. The van der Waals surface area contributed by atoms with Crippen LogP contribution in [0, 0.1) is 0 Å². The Labute approximate surface area is 91.9 Å². The summed E-state index contributed by atoms with van der Waals surface area (Å²) in [5.41, 5.74) is 1.25. The molecule has 0 spiro atoms. The number of carbonyl (C=O) groups excluding carboxylic acids is 2. The lowest BCUT2D eigenvalue weighted by molar-refractivity contribution is -0.129. The molecule has 0 unspecified atom stereocenters. The Morgan fingerprint density at radius 3 is 2.33 bits per heavy atom. The SMILES string of the molecule is CSN1C(=O)C=C(c2ccccc2)C1=O. The van der Waals surface area contributed by atoms with Crippen molar-refractivity contribution in [2.24, 2.45) is 0 Å². The highest BCUT2D eigenvalue weighted by Crippen LogP contribution is 2.26. The topological polar surface area (TPSA) is 37.4 Å². The van der Waals surface area contributed by atoms with Crippen LogP contribution in [0.5, 0.6) is 0 Å². The van der Waals surface area contributed by atoms with Gasteiger partial charge in [0.15, 0.2) is 0 Å². The normalized spacial score (nSPS) is 15.8. The summed E-state index contributed by atoms with van der Waals surface area (Å²) >= 11 is 1.13. The zero-order valence-corrected chi connectivity index (χ0v) is 8.95. The molecule has 1 aromatic rings. The zero-order chi connectivity index (χ0) is 10.8. The largest absolute Gasteiger partial charge is 0.271 e. The number of carbonyl (C=O) groups is 2. The number of hydrogen-bond donors (Lipinski definition) is 0. The standard InChI is InChI=1S/C11H9NO2S/c1-15-12-10(13)7-9(11(12)14)8-5-3-2-4-6-8/h2-7H,1H3. The van der Waals surface area contributed by atoms with E-state index in [1.807, 2.05) is 30.3 Å². The van der Waals surface area contributed by atoms with Crippen LogP contribution in [0.15, 0.2) is 36.4 Å². The Bertz CT molecular complexity index is 439. The van der Waals surface area contributed by atoms with E-state index in [0.717, 1.165) is 21.8 Å². The number of imide groups is 1. The van der Waals surface area contributed by atoms with E-state index in [1.165, 1.54) is 6.08 Å². The summed E-state index contributed by atoms with van der Waals surface area (Å²) in [5, 5.41) is 0. The molecule has 0 fully saturated rings. The molecule has 2 amide bonds. The van der Waals surface area contributed by atoms with Gasteiger partial charge in [-0.3, -0.25) is 9.59 Å². The number of benzene rings is 1. The second-order valence-electron chi connectivity index (χ2n) is 3.04. The first-order valence-corrected chi connectivity index (χ1v) is 5.62. The molecule has 15 heavy (non-hydrogen) atoms. The van der Waals surface area contributed by atoms with Crippen LogP contribution in [0.3, 0.4) is 0 Å². The Kier molecular flexibility index (Phi) is 2.60. The van der Waals surface area contributed by atoms with Crippen molar-refractivity contribution in [3.63, 3.8) is 0 Å². The van der Waals surface area contributed by atoms with E-state index in [0.29, 0.717) is 5.57 Å². The van der Waals surface area contributed by atoms with Crippen LogP contribution in [-0.2, 0) is 9.59 Å². The minimum Gasteiger partial charge on any atom is -0.268 e. The zero-order valence-electron chi connectivity index (χ0n) is 8.14. The van der Waals surface area contributed by atoms with Crippen molar-refractivity contribution in [1.82, 2.24) is 4.31 Å². The minimum absolute atomic E-state index is 0.237. The molecule has 0 aromatic heterocycles. The quantitative estimate of drug-likeness (QED) is 0.561. The average molecular weight is 219 g/mol. The lowest BCUT2D eigenvalue weighted by atomic mass is 10.1. The van der Waals surface area contributed by atoms with E-state index < -0.39 is 0 Å². The lowest BCUT2D eigenvalue weighted by Gasteiger charge is -2.09. The molecule has 0 saturated heterocycles. The number of amides is 2. The van der Waals surface area contributed by atoms with Gasteiger partial charge in [-0.1, -0.05) is 30.3 Å². The summed E-state index contributed by atoms with van der Waals surface area (Å²) in [5.74, 6) is -0.495. The first-order valence-electron chi connectivity index (χ1n) is 4.43. The van der Waals surface area contributed by atoms with Crippen LogP contribution in [-0.4, -0.2) is 22.4 Å². The monoisotopic (exact) mass is 219 g/mol. The minimum atomic E-state index is -0.258. The third-order valence-corrected chi connectivity index (χ3v) is 2.86. The fourth-order valence-electron chi connectivity index (χ4n) is 1.45. The number of nitrogens with zero attached hydrogens (tertiary/aromatic N) is 1. The Morgan fingerprint density at radius 2 is 1.80 bits per heavy atom. The van der Waals surface area contributed by atoms with Gasteiger partial charge in [-0.15, -0.1) is 0 Å². The fraction of sp³-hybridized carbons (Fsp3) is 0.0909. The summed E-state index contributed by atoms with van der Waals surface area (Å²) in [7, 11) is 0. The smallest absolute Gasteiger partial charge is 0.268 e. The maximum absolute atomic E-state index is 11.8. The van der Waals surface area contributed by atoms with Gasteiger partial charge in [0.2, 0.25) is 0 Å². The lowest BCUT2D eigenvalue weighted by Crippen LogP contribution is -2.22. The van der Waals surface area contributed by atoms with Crippen LogP contribution < -0.4 is 0 Å². The molecule has 4 heteroatoms. The first kappa shape index (κ1) is 9.98. The molecule has 1 heterocycles. The maximum atomic E-state index is 11.8. The van der Waals surface area contributed by atoms with Crippen LogP contribution in [0.1, 0.15) is 5.56 Å². The van der Waals surface area contributed by atoms with Crippen molar-refractivity contribution < 1.29 is 9.59 Å². The van der Waals surface area contributed by atoms with E-state index in [4.69, 9.17) is 0 Å². The molecular formula is C11H9NO2S. The van der Waals surface area contributed by atoms with Crippen molar-refractivity contribution in [3.8, 4) is 0 Å². The molecule has 3 nitrogen and oxygen atoms in total. The van der Waals surface area contributed by atoms with Gasteiger partial charge in [0.1, 0.15) is 0 Å². The van der Waals surface area contributed by atoms with Crippen molar-refractivity contribution in [3.05, 3.63) is 42.0 Å². The van der Waals surface area contributed by atoms with E-state index in [2.05, 4.69) is 0 Å². The number of hydrogen-bond acceptors (Lipinski definition) is 3. The molecule has 2 rings (SSSR count). The Morgan fingerprint density at radius 1 is 1.13 bits per heavy atom. The van der Waals surface area contributed by atoms with E-state index in [1.54, 1.807) is 6.26 Å². The van der Waals surface area contributed by atoms with Crippen molar-refractivity contribution in [2.75, 3.05) is 6.26 Å². The van der Waals surface area contributed by atoms with Crippen LogP contribution in [0.4, 0.5) is 0 Å². The highest BCUT2D eigenvalue weighted by molar-refractivity contribution is 7.97. The molecule has 76 valence electrons. The molecular weight excluding hydrogens is 210 g/mol. The summed E-state index contributed by atoms with van der Waals surface area (Å²) in [4.78, 5) is 23.2. The average Bonchev–Trinajstić information content (AvgIpc) is 2.55. The van der Waals surface area contributed by atoms with Crippen molar-refractivity contribution in [1.29, 1.82) is 0 Å². The maximum Gasteiger partial charge on any atom is 0.271 e. The molecule has 1 aliphatic heterocycles. The van der Waals surface area contributed by atoms with Gasteiger partial charge >= 0.3 is 0 Å². The second-order valence-corrected chi connectivity index (χ2v) is 3.77. The van der Waals surface area contributed by atoms with Crippen molar-refractivity contribution in [2.45, 2.75) is 0 Å². The first-order chi connectivity index (χ1) is 7.24. The van der Waals surface area contributed by atoms with Crippen LogP contribution in [0.25, 0.3) is 5.57 Å². The van der Waals surface area contributed by atoms with Gasteiger partial charge in [-0.2, -0.15) is 0 Å². The summed E-state index contributed by atoms with van der Waals surface area (Å²) in [6, 6.07) is 9.20. The van der Waals surface area contributed by atoms with Crippen LogP contribution >= 0.6 is 11.9 Å². The molecule has 0 N–H and O–H groups in total. The second kappa shape index (κ2) is 3.90. The highest BCUT2D eigenvalue weighted by atomic mass is 32.2. The predicted molar refractivity (Wildman–Crippen MR) is 59.8 cm³/mol. The molecule has 0 saturated carbocycles. The van der Waals surface area contributed by atoms with Gasteiger partial charge < -0.3 is 0 Å². The van der Waals surface area contributed by atoms with Gasteiger partial charge in [0.25, 0.3) is 11.8 Å². The van der Waals surface area contributed by atoms with Crippen molar-refractivity contribution >= 4 is 29.3 Å². The Hall–Kier alpha value is -1.55. The summed E-state index contributed by atoms with van der Waals surface area (Å²) in [6.07, 6.45) is 3.09. The Balaban J connectivity index is 2.38. The van der Waals surface area contributed by atoms with Gasteiger partial charge in [-0.05, 0) is 17.5 Å². The molecule has 0 radical (unpaired) electrons. The number of rotatable bonds is 2. The highest BCUT2D eigenvalue weighted by Gasteiger charge is 2.31. The third-order valence-electron chi connectivity index (χ3n) is 2.15. The van der Waals surface area contributed by atoms with E-state index in [9.17, 15) is 9.59 Å². The molecule has 0 aliphatic carbocycles. The van der Waals surface area contributed by atoms with Gasteiger partial charge in [-0.25, -0.2) is 4.31 Å². The van der Waals surface area contributed by atoms with E-state index in [-0.39, 0.29) is 11.8 Å². The van der Waals surface area contributed by atoms with Gasteiger partial charge in [0.05, 0.1) is 5.57 Å². The van der Waals surface area contributed by atoms with E-state index >= 15 is 0 Å². The van der Waals surface area contributed by atoms with Crippen LogP contribution in [0.2, 0.25) is 0 Å². The molecule has 0 bridgehead atoms. The van der Waals surface area contributed by atoms with Gasteiger partial charge in [0, 0.05) is 12.3 Å². The summed E-state index contributed by atoms with van der Waals surface area (Å²) in [6.45, 7) is 0. The molecule has 1 aliphatic rings.